The van der Waals surface area contributed by atoms with Crippen molar-refractivity contribution in [2.24, 2.45) is 0 Å². The number of hydrogen-bond acceptors (Lipinski definition) is 4. The third kappa shape index (κ3) is 2.11. The Morgan fingerprint density at radius 2 is 1.83 bits per heavy atom. The number of rotatable bonds is 2. The van der Waals surface area contributed by atoms with Gasteiger partial charge in [0.05, 0.1) is 17.1 Å². The van der Waals surface area contributed by atoms with Crippen molar-refractivity contribution in [1.29, 1.82) is 0 Å². The van der Waals surface area contributed by atoms with Gasteiger partial charge in [-0.05, 0) is 12.8 Å². The van der Waals surface area contributed by atoms with Gasteiger partial charge in [-0.1, -0.05) is 25.0 Å². The molecule has 0 bridgehead atoms. The van der Waals surface area contributed by atoms with Crippen molar-refractivity contribution >= 4 is 5.69 Å². The molecule has 1 heterocycles. The molecule has 0 amide bonds. The quantitative estimate of drug-likeness (QED) is 0.597. The van der Waals surface area contributed by atoms with Gasteiger partial charge >= 0.3 is 0 Å². The predicted octanol–water partition coefficient (Wildman–Crippen LogP) is 2.95. The lowest BCUT2D eigenvalue weighted by molar-refractivity contribution is -0.385. The summed E-state index contributed by atoms with van der Waals surface area (Å²) >= 11 is 0. The fourth-order valence-corrected chi connectivity index (χ4v) is 2.67. The highest BCUT2D eigenvalue weighted by Crippen LogP contribution is 2.38. The summed E-state index contributed by atoms with van der Waals surface area (Å²) in [5, 5.41) is 10.7. The number of fused-ring (bicyclic) bond motifs is 1. The first-order valence-electron chi connectivity index (χ1n) is 6.29. The molecule has 0 unspecified atom stereocenters. The first kappa shape index (κ1) is 11.6. The number of nitro benzene ring substituents is 1. The van der Waals surface area contributed by atoms with Crippen LogP contribution in [0.5, 0.6) is 0 Å². The van der Waals surface area contributed by atoms with Crippen LogP contribution in [-0.4, -0.2) is 17.1 Å². The Kier molecular flexibility index (Phi) is 3.01. The molecule has 1 saturated carbocycles. The molecular formula is C13H15NO4. The Hall–Kier alpha value is -1.46. The van der Waals surface area contributed by atoms with Crippen LogP contribution in [0.4, 0.5) is 5.69 Å². The van der Waals surface area contributed by atoms with Gasteiger partial charge in [0.25, 0.3) is 5.69 Å². The van der Waals surface area contributed by atoms with E-state index in [4.69, 9.17) is 9.47 Å². The number of benzene rings is 1. The summed E-state index contributed by atoms with van der Waals surface area (Å²) in [7, 11) is 0. The molecule has 2 fully saturated rings. The highest BCUT2D eigenvalue weighted by atomic mass is 16.7. The highest BCUT2D eigenvalue weighted by Gasteiger charge is 2.38. The molecule has 5 nitrogen and oxygen atoms in total. The van der Waals surface area contributed by atoms with E-state index < -0.39 is 11.2 Å². The second-order valence-corrected chi connectivity index (χ2v) is 4.82. The van der Waals surface area contributed by atoms with Crippen molar-refractivity contribution in [2.45, 2.75) is 44.2 Å². The zero-order chi connectivity index (χ0) is 12.5. The molecule has 2 atom stereocenters. The Labute approximate surface area is 105 Å². The smallest absolute Gasteiger partial charge is 0.269 e. The van der Waals surface area contributed by atoms with E-state index in [1.54, 1.807) is 6.07 Å². The van der Waals surface area contributed by atoms with Gasteiger partial charge in [0, 0.05) is 17.7 Å². The SMILES string of the molecule is O=[N+]([O-])c1cccc(C2O[C@H]3CCCC[C@@H]3O2)c1. The normalized spacial score (nSPS) is 28.0. The van der Waals surface area contributed by atoms with Crippen LogP contribution < -0.4 is 0 Å². The van der Waals surface area contributed by atoms with Crippen molar-refractivity contribution in [1.82, 2.24) is 0 Å². The lowest BCUT2D eigenvalue weighted by Gasteiger charge is -2.21. The minimum absolute atomic E-state index is 0.0783. The number of hydrogen-bond donors (Lipinski definition) is 0. The Morgan fingerprint density at radius 1 is 1.17 bits per heavy atom. The Bertz CT molecular complexity index is 448. The molecule has 3 rings (SSSR count). The van der Waals surface area contributed by atoms with Gasteiger partial charge in [-0.2, -0.15) is 0 Å². The minimum atomic E-state index is -0.446. The summed E-state index contributed by atoms with van der Waals surface area (Å²) in [6.45, 7) is 0. The third-order valence-corrected chi connectivity index (χ3v) is 3.59. The molecule has 1 aromatic carbocycles. The van der Waals surface area contributed by atoms with Gasteiger partial charge in [-0.3, -0.25) is 10.1 Å². The van der Waals surface area contributed by atoms with Gasteiger partial charge in [0.2, 0.25) is 0 Å². The number of non-ortho nitro benzene ring substituents is 1. The standard InChI is InChI=1S/C13H15NO4/c15-14(16)10-5-3-4-9(8-10)13-17-11-6-1-2-7-12(11)18-13/h3-5,8,11-13H,1-2,6-7H2/t11-,12-/m0/s1. The van der Waals surface area contributed by atoms with Crippen molar-refractivity contribution in [3.63, 3.8) is 0 Å². The second-order valence-electron chi connectivity index (χ2n) is 4.82. The number of nitrogens with zero attached hydrogens (tertiary/aromatic N) is 1. The number of ether oxygens (including phenoxy) is 2. The summed E-state index contributed by atoms with van der Waals surface area (Å²) < 4.78 is 11.7. The largest absolute Gasteiger partial charge is 0.342 e. The van der Waals surface area contributed by atoms with Crippen LogP contribution in [0, 0.1) is 10.1 Å². The van der Waals surface area contributed by atoms with E-state index in [9.17, 15) is 10.1 Å². The molecule has 5 heteroatoms. The molecule has 96 valence electrons. The molecule has 0 radical (unpaired) electrons. The van der Waals surface area contributed by atoms with Crippen molar-refractivity contribution < 1.29 is 14.4 Å². The molecule has 18 heavy (non-hydrogen) atoms. The highest BCUT2D eigenvalue weighted by molar-refractivity contribution is 5.35. The summed E-state index contributed by atoms with van der Waals surface area (Å²) in [6.07, 6.45) is 4.26. The van der Waals surface area contributed by atoms with Crippen molar-refractivity contribution in [2.75, 3.05) is 0 Å². The fourth-order valence-electron chi connectivity index (χ4n) is 2.67. The van der Waals surface area contributed by atoms with Crippen molar-refractivity contribution in [3.05, 3.63) is 39.9 Å². The van der Waals surface area contributed by atoms with Crippen LogP contribution in [0.1, 0.15) is 37.5 Å². The van der Waals surface area contributed by atoms with Gasteiger partial charge in [-0.15, -0.1) is 0 Å². The molecule has 1 aliphatic heterocycles. The van der Waals surface area contributed by atoms with Gasteiger partial charge in [0.1, 0.15) is 0 Å². The van der Waals surface area contributed by atoms with Gasteiger partial charge in [-0.25, -0.2) is 0 Å². The van der Waals surface area contributed by atoms with E-state index in [2.05, 4.69) is 0 Å². The topological polar surface area (TPSA) is 61.6 Å². The summed E-state index contributed by atoms with van der Waals surface area (Å²) in [5.41, 5.74) is 0.813. The summed E-state index contributed by atoms with van der Waals surface area (Å²) in [4.78, 5) is 10.3. The maximum atomic E-state index is 10.7. The monoisotopic (exact) mass is 249 g/mol. The first-order chi connectivity index (χ1) is 8.74. The maximum absolute atomic E-state index is 10.7. The van der Waals surface area contributed by atoms with E-state index in [-0.39, 0.29) is 17.9 Å². The predicted molar refractivity (Wildman–Crippen MR) is 64.1 cm³/mol. The minimum Gasteiger partial charge on any atom is -0.342 e. The van der Waals surface area contributed by atoms with Crippen LogP contribution >= 0.6 is 0 Å². The second kappa shape index (κ2) is 4.66. The Balaban J connectivity index is 1.79. The maximum Gasteiger partial charge on any atom is 0.269 e. The van der Waals surface area contributed by atoms with E-state index in [0.29, 0.717) is 0 Å². The van der Waals surface area contributed by atoms with Crippen LogP contribution in [-0.2, 0) is 9.47 Å². The molecule has 1 saturated heterocycles. The average molecular weight is 249 g/mol. The molecule has 1 aromatic rings. The number of nitro groups is 1. The zero-order valence-corrected chi connectivity index (χ0v) is 9.95. The fraction of sp³-hybridized carbons (Fsp3) is 0.538. The van der Waals surface area contributed by atoms with Crippen molar-refractivity contribution in [3.8, 4) is 0 Å². The molecule has 0 aromatic heterocycles. The summed E-state index contributed by atoms with van der Waals surface area (Å²) in [5.74, 6) is 0. The van der Waals surface area contributed by atoms with Crippen LogP contribution in [0.25, 0.3) is 0 Å². The summed E-state index contributed by atoms with van der Waals surface area (Å²) in [6, 6.07) is 6.49. The molecular weight excluding hydrogens is 234 g/mol. The molecule has 0 N–H and O–H groups in total. The van der Waals surface area contributed by atoms with Gasteiger partial charge < -0.3 is 9.47 Å². The Morgan fingerprint density at radius 3 is 2.44 bits per heavy atom. The molecule has 0 spiro atoms. The van der Waals surface area contributed by atoms with E-state index in [0.717, 1.165) is 18.4 Å². The first-order valence-corrected chi connectivity index (χ1v) is 6.29. The van der Waals surface area contributed by atoms with Crippen LogP contribution in [0.15, 0.2) is 24.3 Å². The molecule has 1 aliphatic carbocycles. The van der Waals surface area contributed by atoms with E-state index in [1.807, 2.05) is 6.07 Å². The van der Waals surface area contributed by atoms with Crippen LogP contribution in [0.2, 0.25) is 0 Å². The lowest BCUT2D eigenvalue weighted by atomic mass is 9.95. The van der Waals surface area contributed by atoms with Gasteiger partial charge in [0.15, 0.2) is 6.29 Å². The average Bonchev–Trinajstić information content (AvgIpc) is 2.82. The lowest BCUT2D eigenvalue weighted by Crippen LogP contribution is -2.25. The zero-order valence-electron chi connectivity index (χ0n) is 9.95. The van der Waals surface area contributed by atoms with Crippen LogP contribution in [0.3, 0.4) is 0 Å². The molecule has 2 aliphatic rings. The van der Waals surface area contributed by atoms with E-state index >= 15 is 0 Å². The van der Waals surface area contributed by atoms with E-state index in [1.165, 1.54) is 25.0 Å². The third-order valence-electron chi connectivity index (χ3n) is 3.59.